The zero-order valence-corrected chi connectivity index (χ0v) is 23.2. The van der Waals surface area contributed by atoms with Crippen LogP contribution in [-0.4, -0.2) is 23.8 Å². The topological polar surface area (TPSA) is 56.3 Å². The summed E-state index contributed by atoms with van der Waals surface area (Å²) >= 11 is 13.8. The smallest absolute Gasteiger partial charge is 0.337 e. The first-order valence-electron chi connectivity index (χ1n) is 11.2. The Hall–Kier alpha value is -2.99. The molecule has 0 radical (unpaired) electrons. The summed E-state index contributed by atoms with van der Waals surface area (Å²) in [5.41, 5.74) is 4.83. The van der Waals surface area contributed by atoms with Crippen LogP contribution in [0.25, 0.3) is 16.3 Å². The zero-order chi connectivity index (χ0) is 26.8. The van der Waals surface area contributed by atoms with Crippen molar-refractivity contribution in [2.24, 2.45) is 0 Å². The molecule has 0 saturated heterocycles. The normalized spacial score (nSPS) is 13.7. The Morgan fingerprint density at radius 3 is 2.50 bits per heavy atom. The average molecular weight is 543 g/mol. The Labute approximate surface area is 226 Å². The van der Waals surface area contributed by atoms with Gasteiger partial charge in [0.2, 0.25) is 0 Å². The summed E-state index contributed by atoms with van der Waals surface area (Å²) in [5, 5.41) is 0.449. The van der Waals surface area contributed by atoms with Crippen molar-refractivity contribution in [3.05, 3.63) is 105 Å². The monoisotopic (exact) mass is 541 g/mol. The van der Waals surface area contributed by atoms with E-state index < -0.39 is 5.97 Å². The number of Topliss-reactive ketones (excluding diaryl/α,β-unsaturated/α-hetero) is 1. The van der Waals surface area contributed by atoms with E-state index in [4.69, 9.17) is 27.9 Å². The summed E-state index contributed by atoms with van der Waals surface area (Å²) in [4.78, 5) is 29.6. The quantitative estimate of drug-likeness (QED) is 0.162. The molecule has 0 fully saturated rings. The number of thiophene rings is 1. The molecule has 0 unspecified atom stereocenters. The van der Waals surface area contributed by atoms with E-state index in [1.807, 2.05) is 37.3 Å². The first-order chi connectivity index (χ1) is 17.2. The van der Waals surface area contributed by atoms with E-state index in [0.717, 1.165) is 15.8 Å². The second kappa shape index (κ2) is 13.9. The van der Waals surface area contributed by atoms with Crippen molar-refractivity contribution in [1.29, 1.82) is 0 Å². The Morgan fingerprint density at radius 2 is 1.89 bits per heavy atom. The zero-order valence-electron chi connectivity index (χ0n) is 20.9. The third kappa shape index (κ3) is 7.50. The lowest BCUT2D eigenvalue weighted by Crippen LogP contribution is -2.09. The Balaban J connectivity index is 2.26. The molecule has 0 aliphatic rings. The molecule has 0 aliphatic carbocycles. The molecule has 0 aromatic carbocycles. The highest BCUT2D eigenvalue weighted by molar-refractivity contribution is 7.23. The molecule has 0 N–H and O–H groups in total. The van der Waals surface area contributed by atoms with E-state index in [0.29, 0.717) is 43.7 Å². The van der Waals surface area contributed by atoms with Crippen LogP contribution in [0.15, 0.2) is 89.6 Å². The van der Waals surface area contributed by atoms with Gasteiger partial charge in [-0.1, -0.05) is 66.7 Å². The molecule has 0 atom stereocenters. The van der Waals surface area contributed by atoms with Gasteiger partial charge in [0.15, 0.2) is 5.78 Å². The molecule has 2 aromatic rings. The molecule has 7 heteroatoms. The number of pyridine rings is 1. The summed E-state index contributed by atoms with van der Waals surface area (Å²) in [6.07, 6.45) is 12.9. The van der Waals surface area contributed by atoms with Gasteiger partial charge in [-0.25, -0.2) is 9.78 Å². The summed E-state index contributed by atoms with van der Waals surface area (Å²) in [7, 11) is 1.33. The third-order valence-corrected chi connectivity index (χ3v) is 7.38. The van der Waals surface area contributed by atoms with Crippen molar-refractivity contribution in [1.82, 2.24) is 4.98 Å². The number of hydrogen-bond acceptors (Lipinski definition) is 5. The van der Waals surface area contributed by atoms with Crippen molar-refractivity contribution in [2.45, 2.75) is 33.6 Å². The number of ether oxygens (including phenoxy) is 1. The van der Waals surface area contributed by atoms with Crippen LogP contribution in [0.3, 0.4) is 0 Å². The number of nitrogens with zero attached hydrogens (tertiary/aromatic N) is 1. The van der Waals surface area contributed by atoms with Crippen LogP contribution in [-0.2, 0) is 14.3 Å². The lowest BCUT2D eigenvalue weighted by atomic mass is 9.96. The van der Waals surface area contributed by atoms with Gasteiger partial charge in [-0.3, -0.25) is 4.79 Å². The molecule has 2 aromatic heterocycles. The molecule has 0 bridgehead atoms. The Bertz CT molecular complexity index is 1340. The minimum atomic E-state index is -0.444. The van der Waals surface area contributed by atoms with Crippen molar-refractivity contribution in [3.63, 3.8) is 0 Å². The Morgan fingerprint density at radius 1 is 1.17 bits per heavy atom. The van der Waals surface area contributed by atoms with Gasteiger partial charge in [0.1, 0.15) is 9.85 Å². The number of rotatable bonds is 11. The number of carbonyl (C=O) groups excluding carboxylic acids is 2. The summed E-state index contributed by atoms with van der Waals surface area (Å²) < 4.78 is 6.28. The van der Waals surface area contributed by atoms with Crippen LogP contribution in [0.4, 0.5) is 0 Å². The fourth-order valence-electron chi connectivity index (χ4n) is 3.37. The molecular weight excluding hydrogens is 513 g/mol. The standard InChI is InChI=1S/C29H29Cl2NO3S/c1-7-10-20(23(9-3)29(34)35-6)12-15-24(33)19(5)17-21(18(4)8-2)11-13-22-14-16-25-27(32-22)26(30)28(31)36-25/h7-11,13-14,16-17H,1-2,12,15H2,3-6H3/b13-11+,19-17+,20-10-,21-18-,23-9+. The van der Waals surface area contributed by atoms with Crippen LogP contribution in [0.1, 0.15) is 39.3 Å². The van der Waals surface area contributed by atoms with Gasteiger partial charge in [-0.15, -0.1) is 11.3 Å². The molecular formula is C29H29Cl2NO3S. The summed E-state index contributed by atoms with van der Waals surface area (Å²) in [6.45, 7) is 13.0. The van der Waals surface area contributed by atoms with E-state index in [-0.39, 0.29) is 12.2 Å². The van der Waals surface area contributed by atoms with Gasteiger partial charge in [0.25, 0.3) is 0 Å². The number of esters is 1. The van der Waals surface area contributed by atoms with Gasteiger partial charge in [-0.2, -0.15) is 0 Å². The van der Waals surface area contributed by atoms with Crippen LogP contribution in [0.5, 0.6) is 0 Å². The lowest BCUT2D eigenvalue weighted by Gasteiger charge is -2.10. The van der Waals surface area contributed by atoms with Crippen molar-refractivity contribution in [2.75, 3.05) is 7.11 Å². The first-order valence-corrected chi connectivity index (χ1v) is 12.8. The van der Waals surface area contributed by atoms with Gasteiger partial charge in [-0.05, 0) is 73.8 Å². The summed E-state index contributed by atoms with van der Waals surface area (Å²) in [6, 6.07) is 3.82. The van der Waals surface area contributed by atoms with Crippen molar-refractivity contribution < 1.29 is 14.3 Å². The SMILES string of the molecule is C=C/C=C(CCC(=O)/C(C)=C/C(/C=C/c1ccc2sc(Cl)c(Cl)c2n1)=C(/C)C=C)\C(=C/C)C(=O)OC. The molecule has 0 aliphatic heterocycles. The second-order valence-electron chi connectivity index (χ2n) is 7.82. The molecule has 2 rings (SSSR count). The fourth-order valence-corrected chi connectivity index (χ4v) is 4.78. The minimum Gasteiger partial charge on any atom is -0.465 e. The molecule has 0 amide bonds. The highest BCUT2D eigenvalue weighted by Gasteiger charge is 2.16. The van der Waals surface area contributed by atoms with E-state index in [9.17, 15) is 9.59 Å². The van der Waals surface area contributed by atoms with Gasteiger partial charge in [0, 0.05) is 6.42 Å². The first kappa shape index (κ1) is 29.2. The molecule has 0 spiro atoms. The van der Waals surface area contributed by atoms with E-state index >= 15 is 0 Å². The number of ketones is 1. The second-order valence-corrected chi connectivity index (χ2v) is 9.85. The van der Waals surface area contributed by atoms with Gasteiger partial charge < -0.3 is 4.74 Å². The average Bonchev–Trinajstić information content (AvgIpc) is 3.16. The largest absolute Gasteiger partial charge is 0.465 e. The maximum atomic E-state index is 12.9. The minimum absolute atomic E-state index is 0.0349. The molecule has 2 heterocycles. The molecule has 0 saturated carbocycles. The predicted octanol–water partition coefficient (Wildman–Crippen LogP) is 8.65. The number of halogens is 2. The number of carbonyl (C=O) groups is 2. The number of allylic oxidation sites excluding steroid dienone is 9. The number of fused-ring (bicyclic) bond motifs is 1. The van der Waals surface area contributed by atoms with E-state index in [1.54, 1.807) is 38.2 Å². The maximum Gasteiger partial charge on any atom is 0.337 e. The van der Waals surface area contributed by atoms with Crippen LogP contribution >= 0.6 is 34.5 Å². The number of methoxy groups -OCH3 is 1. The van der Waals surface area contributed by atoms with E-state index in [2.05, 4.69) is 18.1 Å². The van der Waals surface area contributed by atoms with Gasteiger partial charge in [0.05, 0.1) is 28.1 Å². The fraction of sp³-hybridized carbons (Fsp3) is 0.207. The van der Waals surface area contributed by atoms with E-state index in [1.165, 1.54) is 18.4 Å². The third-order valence-electron chi connectivity index (χ3n) is 5.45. The number of hydrogen-bond donors (Lipinski definition) is 0. The predicted molar refractivity (Wildman–Crippen MR) is 154 cm³/mol. The number of aromatic nitrogens is 1. The molecule has 36 heavy (non-hydrogen) atoms. The Kier molecular flexibility index (Phi) is 11.3. The highest BCUT2D eigenvalue weighted by Crippen LogP contribution is 2.37. The molecule has 4 nitrogen and oxygen atoms in total. The molecule has 188 valence electrons. The van der Waals surface area contributed by atoms with Crippen molar-refractivity contribution >= 4 is 62.6 Å². The van der Waals surface area contributed by atoms with Crippen LogP contribution in [0.2, 0.25) is 9.36 Å². The van der Waals surface area contributed by atoms with Crippen molar-refractivity contribution in [3.8, 4) is 0 Å². The van der Waals surface area contributed by atoms with Crippen LogP contribution < -0.4 is 0 Å². The van der Waals surface area contributed by atoms with Gasteiger partial charge >= 0.3 is 5.97 Å². The summed E-state index contributed by atoms with van der Waals surface area (Å²) in [5.74, 6) is -0.479. The van der Waals surface area contributed by atoms with Crippen LogP contribution in [0, 0.1) is 0 Å². The maximum absolute atomic E-state index is 12.9. The highest BCUT2D eigenvalue weighted by atomic mass is 35.5. The lowest BCUT2D eigenvalue weighted by molar-refractivity contribution is -0.135.